The van der Waals surface area contributed by atoms with Gasteiger partial charge < -0.3 is 15.4 Å². The van der Waals surface area contributed by atoms with Crippen molar-refractivity contribution in [1.82, 2.24) is 4.90 Å². The Bertz CT molecular complexity index is 793. The molecule has 4 nitrogen and oxygen atoms in total. The van der Waals surface area contributed by atoms with Crippen LogP contribution in [0.1, 0.15) is 23.6 Å². The topological polar surface area (TPSA) is 50.8 Å². The van der Waals surface area contributed by atoms with Crippen molar-refractivity contribution in [3.05, 3.63) is 64.2 Å². The molecule has 0 saturated heterocycles. The molecule has 26 heavy (non-hydrogen) atoms. The fraction of sp³-hybridized carbons (Fsp3) is 0.300. The molecule has 0 aliphatic heterocycles. The van der Waals surface area contributed by atoms with Crippen LogP contribution in [-0.2, 0) is 6.42 Å². The molecular formula is C20H24ClN3OS. The van der Waals surface area contributed by atoms with Gasteiger partial charge in [0.25, 0.3) is 5.17 Å². The highest BCUT2D eigenvalue weighted by molar-refractivity contribution is 7.80. The van der Waals surface area contributed by atoms with Crippen LogP contribution in [0.2, 0.25) is 5.02 Å². The van der Waals surface area contributed by atoms with Crippen molar-refractivity contribution < 1.29 is 4.74 Å². The predicted molar refractivity (Wildman–Crippen MR) is 113 cm³/mol. The summed E-state index contributed by atoms with van der Waals surface area (Å²) in [6.07, 6.45) is 0.883. The number of aryl methyl sites for hydroxylation is 1. The molecule has 0 spiro atoms. The summed E-state index contributed by atoms with van der Waals surface area (Å²) in [5.74, 6) is 0.913. The van der Waals surface area contributed by atoms with Gasteiger partial charge in [0, 0.05) is 23.2 Å². The molecule has 0 aromatic heterocycles. The molecule has 138 valence electrons. The summed E-state index contributed by atoms with van der Waals surface area (Å²) in [7, 11) is 2.09. The first-order chi connectivity index (χ1) is 12.4. The zero-order valence-corrected chi connectivity index (χ0v) is 16.9. The molecule has 0 bridgehead atoms. The first kappa shape index (κ1) is 20.4. The summed E-state index contributed by atoms with van der Waals surface area (Å²) in [5.41, 5.74) is 8.82. The lowest BCUT2D eigenvalue weighted by Gasteiger charge is -2.15. The van der Waals surface area contributed by atoms with Gasteiger partial charge in [-0.25, -0.2) is 0 Å². The lowest BCUT2D eigenvalue weighted by molar-refractivity contribution is 0.357. The van der Waals surface area contributed by atoms with Gasteiger partial charge in [-0.2, -0.15) is 4.99 Å². The van der Waals surface area contributed by atoms with Gasteiger partial charge in [-0.3, -0.25) is 0 Å². The van der Waals surface area contributed by atoms with Crippen molar-refractivity contribution in [2.45, 2.75) is 20.3 Å². The molecular weight excluding hydrogens is 366 g/mol. The highest BCUT2D eigenvalue weighted by Crippen LogP contribution is 2.27. The van der Waals surface area contributed by atoms with E-state index in [9.17, 15) is 0 Å². The van der Waals surface area contributed by atoms with Gasteiger partial charge in [0.2, 0.25) is 0 Å². The summed E-state index contributed by atoms with van der Waals surface area (Å²) < 4.78 is 5.69. The third kappa shape index (κ3) is 5.80. The fourth-order valence-electron chi connectivity index (χ4n) is 2.38. The summed E-state index contributed by atoms with van der Waals surface area (Å²) >= 11 is 11.6. The second-order valence-electron chi connectivity index (χ2n) is 6.09. The van der Waals surface area contributed by atoms with Crippen LogP contribution in [0.15, 0.2) is 47.5 Å². The number of rotatable bonds is 6. The largest absolute Gasteiger partial charge is 0.430 e. The zero-order valence-electron chi connectivity index (χ0n) is 15.3. The summed E-state index contributed by atoms with van der Waals surface area (Å²) in [5, 5.41) is 0.724. The Kier molecular flexibility index (Phi) is 7.57. The van der Waals surface area contributed by atoms with Gasteiger partial charge in [0.15, 0.2) is 0 Å². The van der Waals surface area contributed by atoms with E-state index in [0.717, 1.165) is 36.2 Å². The molecule has 0 unspecified atom stereocenters. The normalized spacial score (nSPS) is 11.7. The lowest BCUT2D eigenvalue weighted by atomic mass is 10.1. The average molecular weight is 390 g/mol. The van der Waals surface area contributed by atoms with Gasteiger partial charge >= 0.3 is 0 Å². The molecule has 2 aromatic rings. The molecule has 0 saturated carbocycles. The van der Waals surface area contributed by atoms with Crippen molar-refractivity contribution in [2.24, 2.45) is 10.7 Å². The summed E-state index contributed by atoms with van der Waals surface area (Å²) in [6, 6.07) is 13.3. The Morgan fingerprint density at radius 2 is 1.96 bits per heavy atom. The monoisotopic (exact) mass is 389 g/mol. The standard InChI is InChI=1S/C20H24ClN3OS/c1-4-24(3)11-10-16-12-14(2)18(13-17(16)21)25-20(26)23-19(22)15-8-6-5-7-9-15/h5-9,12-13H,4,10-11H2,1-3H3,(H2,22,23,26). The van der Waals surface area contributed by atoms with Crippen molar-refractivity contribution >= 4 is 34.8 Å². The van der Waals surface area contributed by atoms with Crippen molar-refractivity contribution in [1.29, 1.82) is 0 Å². The molecule has 0 amide bonds. The molecule has 0 radical (unpaired) electrons. The smallest absolute Gasteiger partial charge is 0.290 e. The molecule has 2 rings (SSSR count). The van der Waals surface area contributed by atoms with Crippen LogP contribution in [0, 0.1) is 6.92 Å². The van der Waals surface area contributed by atoms with Crippen molar-refractivity contribution in [2.75, 3.05) is 20.1 Å². The van der Waals surface area contributed by atoms with Crippen LogP contribution in [0.4, 0.5) is 0 Å². The molecule has 0 atom stereocenters. The number of amidine groups is 1. The minimum absolute atomic E-state index is 0.0592. The van der Waals surface area contributed by atoms with Crippen LogP contribution >= 0.6 is 23.8 Å². The Morgan fingerprint density at radius 1 is 1.27 bits per heavy atom. The first-order valence-electron chi connectivity index (χ1n) is 8.49. The van der Waals surface area contributed by atoms with E-state index in [1.165, 1.54) is 0 Å². The number of halogens is 1. The molecule has 2 N–H and O–H groups in total. The van der Waals surface area contributed by atoms with Crippen molar-refractivity contribution in [3.8, 4) is 5.75 Å². The highest BCUT2D eigenvalue weighted by atomic mass is 35.5. The van der Waals surface area contributed by atoms with Crippen LogP contribution < -0.4 is 10.5 Å². The number of hydrogen-bond donors (Lipinski definition) is 1. The van der Waals surface area contributed by atoms with Crippen LogP contribution in [-0.4, -0.2) is 36.0 Å². The first-order valence-corrected chi connectivity index (χ1v) is 9.28. The maximum atomic E-state index is 6.41. The minimum atomic E-state index is 0.0592. The Morgan fingerprint density at radius 3 is 2.62 bits per heavy atom. The summed E-state index contributed by atoms with van der Waals surface area (Å²) in [4.78, 5) is 6.40. The second kappa shape index (κ2) is 9.67. The third-order valence-electron chi connectivity index (χ3n) is 4.13. The minimum Gasteiger partial charge on any atom is -0.430 e. The van der Waals surface area contributed by atoms with E-state index in [1.54, 1.807) is 6.07 Å². The lowest BCUT2D eigenvalue weighted by Crippen LogP contribution is -2.20. The Labute approximate surface area is 165 Å². The van der Waals surface area contributed by atoms with Crippen LogP contribution in [0.5, 0.6) is 5.75 Å². The molecule has 6 heteroatoms. The number of benzene rings is 2. The fourth-order valence-corrected chi connectivity index (χ4v) is 2.82. The van der Waals surface area contributed by atoms with E-state index in [2.05, 4.69) is 23.9 Å². The number of hydrogen-bond acceptors (Lipinski definition) is 3. The number of nitrogens with two attached hydrogens (primary N) is 1. The molecule has 0 aliphatic rings. The van der Waals surface area contributed by atoms with Gasteiger partial charge in [-0.15, -0.1) is 0 Å². The SMILES string of the molecule is CCN(C)CCc1cc(C)c(OC(=S)N=C(N)c2ccccc2)cc1Cl. The highest BCUT2D eigenvalue weighted by Gasteiger charge is 2.10. The van der Waals surface area contributed by atoms with E-state index in [4.69, 9.17) is 34.3 Å². The number of likely N-dealkylation sites (N-methyl/N-ethyl adjacent to an activating group) is 1. The maximum Gasteiger partial charge on any atom is 0.290 e. The van der Waals surface area contributed by atoms with Crippen LogP contribution in [0.3, 0.4) is 0 Å². The van der Waals surface area contributed by atoms with Crippen LogP contribution in [0.25, 0.3) is 0 Å². The van der Waals surface area contributed by atoms with Gasteiger partial charge in [-0.05, 0) is 50.3 Å². The number of nitrogens with zero attached hydrogens (tertiary/aromatic N) is 2. The zero-order chi connectivity index (χ0) is 19.1. The van der Waals surface area contributed by atoms with E-state index in [-0.39, 0.29) is 5.17 Å². The number of ether oxygens (including phenoxy) is 1. The van der Waals surface area contributed by atoms with Gasteiger partial charge in [-0.1, -0.05) is 54.9 Å². The second-order valence-corrected chi connectivity index (χ2v) is 6.84. The van der Waals surface area contributed by atoms with Gasteiger partial charge in [0.1, 0.15) is 11.6 Å². The average Bonchev–Trinajstić information content (AvgIpc) is 2.63. The Balaban J connectivity index is 2.09. The summed E-state index contributed by atoms with van der Waals surface area (Å²) in [6.45, 7) is 6.05. The molecule has 0 heterocycles. The molecule has 0 fully saturated rings. The van der Waals surface area contributed by atoms with E-state index in [1.807, 2.05) is 43.3 Å². The number of aliphatic imine (C=N–C) groups is 1. The van der Waals surface area contributed by atoms with E-state index < -0.39 is 0 Å². The maximum absolute atomic E-state index is 6.41. The van der Waals surface area contributed by atoms with Crippen molar-refractivity contribution in [3.63, 3.8) is 0 Å². The third-order valence-corrected chi connectivity index (χ3v) is 4.65. The number of thiocarbonyl (C=S) groups is 1. The Hall–Kier alpha value is -1.95. The van der Waals surface area contributed by atoms with Gasteiger partial charge in [0.05, 0.1) is 0 Å². The van der Waals surface area contributed by atoms with E-state index >= 15 is 0 Å². The molecule has 2 aromatic carbocycles. The van der Waals surface area contributed by atoms with E-state index in [0.29, 0.717) is 16.6 Å². The predicted octanol–water partition coefficient (Wildman–Crippen LogP) is 4.21. The molecule has 0 aliphatic carbocycles. The quantitative estimate of drug-likeness (QED) is 0.456.